The number of nitrogens with two attached hydrogens (primary N) is 2. The van der Waals surface area contributed by atoms with Crippen molar-refractivity contribution in [1.29, 1.82) is 0 Å². The second kappa shape index (κ2) is 11.0. The van der Waals surface area contributed by atoms with E-state index in [-0.39, 0.29) is 12.8 Å². The molecule has 4 unspecified atom stereocenters. The number of carbonyl (C=O) groups is 5. The van der Waals surface area contributed by atoms with Gasteiger partial charge in [-0.15, -0.1) is 0 Å². The predicted octanol–water partition coefficient (Wildman–Crippen LogP) is -3.85. The Bertz CT molecular complexity index is 552. The molecule has 0 fully saturated rings. The topological polar surface area (TPSA) is 214 Å². The van der Waals surface area contributed by atoms with Gasteiger partial charge in [-0.3, -0.25) is 19.2 Å². The molecule has 26 heavy (non-hydrogen) atoms. The summed E-state index contributed by atoms with van der Waals surface area (Å²) < 4.78 is 0. The maximum absolute atomic E-state index is 12.1. The van der Waals surface area contributed by atoms with Crippen molar-refractivity contribution in [2.45, 2.75) is 50.9 Å². The maximum atomic E-state index is 12.1. The molecule has 0 aliphatic heterocycles. The Morgan fingerprint density at radius 2 is 1.58 bits per heavy atom. The van der Waals surface area contributed by atoms with Crippen molar-refractivity contribution in [1.82, 2.24) is 16.0 Å². The minimum absolute atomic E-state index is 0.208. The third-order valence-electron chi connectivity index (χ3n) is 3.31. The van der Waals surface area contributed by atoms with Crippen LogP contribution in [-0.4, -0.2) is 70.6 Å². The third-order valence-corrected chi connectivity index (χ3v) is 3.31. The summed E-state index contributed by atoms with van der Waals surface area (Å²) in [5, 5.41) is 25.2. The fourth-order valence-electron chi connectivity index (χ4n) is 1.85. The largest absolute Gasteiger partial charge is 0.480 e. The van der Waals surface area contributed by atoms with Crippen LogP contribution < -0.4 is 27.4 Å². The first-order valence-corrected chi connectivity index (χ1v) is 7.78. The average Bonchev–Trinajstić information content (AvgIpc) is 2.54. The quantitative estimate of drug-likeness (QED) is 0.189. The van der Waals surface area contributed by atoms with Crippen LogP contribution in [0.1, 0.15) is 26.7 Å². The predicted molar refractivity (Wildman–Crippen MR) is 88.3 cm³/mol. The summed E-state index contributed by atoms with van der Waals surface area (Å²) in [6.45, 7) is 2.15. The van der Waals surface area contributed by atoms with Crippen molar-refractivity contribution in [3.63, 3.8) is 0 Å². The first kappa shape index (κ1) is 23.3. The molecule has 4 amide bonds. The zero-order chi connectivity index (χ0) is 20.4. The van der Waals surface area contributed by atoms with Crippen LogP contribution in [0, 0.1) is 0 Å². The zero-order valence-corrected chi connectivity index (χ0v) is 14.5. The standard InChI is InChI=1S/C14H25N5O7/c1-6(12(23)18-8(14(25)26)3-4-9(16)21)17-13(24)11(7(2)20)19-10(22)5-15/h6-8,11,20H,3-5,15H2,1-2H3,(H2,16,21)(H,17,24)(H,18,23)(H,19,22)(H,25,26). The number of aliphatic hydroxyl groups is 1. The number of carboxylic acids is 1. The van der Waals surface area contributed by atoms with Crippen molar-refractivity contribution >= 4 is 29.6 Å². The second-order valence-corrected chi connectivity index (χ2v) is 5.62. The molecule has 9 N–H and O–H groups in total. The number of carboxylic acid groups (broad SMARTS) is 1. The molecule has 4 atom stereocenters. The Labute approximate surface area is 149 Å². The van der Waals surface area contributed by atoms with Crippen molar-refractivity contribution < 1.29 is 34.2 Å². The lowest BCUT2D eigenvalue weighted by Gasteiger charge is -2.23. The van der Waals surface area contributed by atoms with E-state index >= 15 is 0 Å². The van der Waals surface area contributed by atoms with Gasteiger partial charge in [-0.2, -0.15) is 0 Å². The number of carbonyl (C=O) groups excluding carboxylic acids is 4. The van der Waals surface area contributed by atoms with Gasteiger partial charge in [0.25, 0.3) is 0 Å². The molecule has 0 rings (SSSR count). The molecule has 12 nitrogen and oxygen atoms in total. The summed E-state index contributed by atoms with van der Waals surface area (Å²) in [5.41, 5.74) is 10.1. The summed E-state index contributed by atoms with van der Waals surface area (Å²) in [5.74, 6) is -4.45. The van der Waals surface area contributed by atoms with Crippen molar-refractivity contribution in [2.75, 3.05) is 6.54 Å². The van der Waals surface area contributed by atoms with Crippen LogP contribution in [0.15, 0.2) is 0 Å². The number of rotatable bonds is 11. The molecule has 0 aliphatic rings. The Balaban J connectivity index is 4.83. The van der Waals surface area contributed by atoms with Crippen LogP contribution in [0.4, 0.5) is 0 Å². The third kappa shape index (κ3) is 8.39. The molecule has 12 heteroatoms. The van der Waals surface area contributed by atoms with Crippen molar-refractivity contribution in [3.05, 3.63) is 0 Å². The van der Waals surface area contributed by atoms with Crippen LogP contribution >= 0.6 is 0 Å². The van der Waals surface area contributed by atoms with Gasteiger partial charge in [-0.25, -0.2) is 4.79 Å². The summed E-state index contributed by atoms with van der Waals surface area (Å²) in [6.07, 6.45) is -1.71. The fourth-order valence-corrected chi connectivity index (χ4v) is 1.85. The van der Waals surface area contributed by atoms with Gasteiger partial charge in [0.15, 0.2) is 0 Å². The normalized spacial score (nSPS) is 15.1. The van der Waals surface area contributed by atoms with Gasteiger partial charge in [-0.05, 0) is 20.3 Å². The lowest BCUT2D eigenvalue weighted by molar-refractivity contribution is -0.142. The molecule has 0 heterocycles. The highest BCUT2D eigenvalue weighted by Gasteiger charge is 2.29. The van der Waals surface area contributed by atoms with Crippen LogP contribution in [0.2, 0.25) is 0 Å². The van der Waals surface area contributed by atoms with Gasteiger partial charge in [-0.1, -0.05) is 0 Å². The van der Waals surface area contributed by atoms with Gasteiger partial charge in [0.2, 0.25) is 23.6 Å². The SMILES string of the molecule is CC(NC(=O)C(NC(=O)CN)C(C)O)C(=O)NC(CCC(N)=O)C(=O)O. The van der Waals surface area contributed by atoms with Crippen molar-refractivity contribution in [3.8, 4) is 0 Å². The minimum atomic E-state index is -1.37. The molecular formula is C14H25N5O7. The van der Waals surface area contributed by atoms with Gasteiger partial charge in [0.05, 0.1) is 12.6 Å². The van der Waals surface area contributed by atoms with E-state index in [1.54, 1.807) is 0 Å². The molecule has 148 valence electrons. The molecule has 0 saturated carbocycles. The van der Waals surface area contributed by atoms with E-state index in [2.05, 4.69) is 16.0 Å². The van der Waals surface area contributed by atoms with Gasteiger partial charge < -0.3 is 37.6 Å². The first-order valence-electron chi connectivity index (χ1n) is 7.78. The molecule has 0 saturated heterocycles. The Kier molecular flexibility index (Phi) is 9.84. The van der Waals surface area contributed by atoms with E-state index in [1.165, 1.54) is 13.8 Å². The van der Waals surface area contributed by atoms with E-state index in [0.717, 1.165) is 0 Å². The molecule has 0 radical (unpaired) electrons. The van der Waals surface area contributed by atoms with Crippen molar-refractivity contribution in [2.24, 2.45) is 11.5 Å². The van der Waals surface area contributed by atoms with Crippen LogP contribution in [0.3, 0.4) is 0 Å². The molecule has 0 aliphatic carbocycles. The van der Waals surface area contributed by atoms with Crippen LogP contribution in [-0.2, 0) is 24.0 Å². The molecule has 0 aromatic heterocycles. The highest BCUT2D eigenvalue weighted by Crippen LogP contribution is 2.00. The number of hydrogen-bond acceptors (Lipinski definition) is 7. The number of nitrogens with one attached hydrogen (secondary N) is 3. The second-order valence-electron chi connectivity index (χ2n) is 5.62. The molecular weight excluding hydrogens is 350 g/mol. The average molecular weight is 375 g/mol. The maximum Gasteiger partial charge on any atom is 0.326 e. The highest BCUT2D eigenvalue weighted by molar-refractivity contribution is 5.93. The first-order chi connectivity index (χ1) is 12.0. The molecule has 0 aromatic rings. The smallest absolute Gasteiger partial charge is 0.326 e. The van der Waals surface area contributed by atoms with Gasteiger partial charge >= 0.3 is 5.97 Å². The number of amides is 4. The lowest BCUT2D eigenvalue weighted by atomic mass is 10.1. The van der Waals surface area contributed by atoms with Gasteiger partial charge in [0.1, 0.15) is 18.1 Å². The summed E-state index contributed by atoms with van der Waals surface area (Å²) >= 11 is 0. The summed E-state index contributed by atoms with van der Waals surface area (Å²) in [4.78, 5) is 57.3. The number of aliphatic hydroxyl groups excluding tert-OH is 1. The fraction of sp³-hybridized carbons (Fsp3) is 0.643. The molecule has 0 aromatic carbocycles. The van der Waals surface area contributed by atoms with E-state index < -0.39 is 60.4 Å². The number of aliphatic carboxylic acids is 1. The Hall–Kier alpha value is -2.73. The van der Waals surface area contributed by atoms with E-state index in [9.17, 15) is 29.1 Å². The van der Waals surface area contributed by atoms with Gasteiger partial charge in [0, 0.05) is 6.42 Å². The Morgan fingerprint density at radius 3 is 2.00 bits per heavy atom. The number of primary amides is 1. The molecule has 0 bridgehead atoms. The number of hydrogen-bond donors (Lipinski definition) is 7. The lowest BCUT2D eigenvalue weighted by Crippen LogP contribution is -2.58. The summed E-state index contributed by atoms with van der Waals surface area (Å²) in [7, 11) is 0. The van der Waals surface area contributed by atoms with Crippen LogP contribution in [0.5, 0.6) is 0 Å². The minimum Gasteiger partial charge on any atom is -0.480 e. The summed E-state index contributed by atoms with van der Waals surface area (Å²) in [6, 6.07) is -3.88. The highest BCUT2D eigenvalue weighted by atomic mass is 16.4. The van der Waals surface area contributed by atoms with E-state index in [1.807, 2.05) is 0 Å². The van der Waals surface area contributed by atoms with E-state index in [0.29, 0.717) is 0 Å². The Morgan fingerprint density at radius 1 is 1.00 bits per heavy atom. The van der Waals surface area contributed by atoms with Crippen LogP contribution in [0.25, 0.3) is 0 Å². The molecule has 0 spiro atoms. The van der Waals surface area contributed by atoms with E-state index in [4.69, 9.17) is 16.6 Å². The zero-order valence-electron chi connectivity index (χ0n) is 14.5. The monoisotopic (exact) mass is 375 g/mol.